The van der Waals surface area contributed by atoms with Crippen molar-refractivity contribution in [1.82, 2.24) is 0 Å². The van der Waals surface area contributed by atoms with E-state index in [4.69, 9.17) is 10.5 Å². The average Bonchev–Trinajstić information content (AvgIpc) is 2.27. The average molecular weight is 211 g/mol. The van der Waals surface area contributed by atoms with Gasteiger partial charge in [0.25, 0.3) is 0 Å². The van der Waals surface area contributed by atoms with Crippen LogP contribution in [0.2, 0.25) is 0 Å². The summed E-state index contributed by atoms with van der Waals surface area (Å²) in [4.78, 5) is 0. The predicted octanol–water partition coefficient (Wildman–Crippen LogP) is 0.921. The van der Waals surface area contributed by atoms with Crippen LogP contribution in [-0.2, 0) is 11.3 Å². The Bertz CT molecular complexity index is 315. The number of hydrogen-bond acceptors (Lipinski definition) is 4. The van der Waals surface area contributed by atoms with Crippen molar-refractivity contribution < 1.29 is 14.9 Å². The van der Waals surface area contributed by atoms with E-state index < -0.39 is 6.10 Å². The van der Waals surface area contributed by atoms with Crippen LogP contribution in [0.25, 0.3) is 0 Å². The largest absolute Gasteiger partial charge is 0.508 e. The third-order valence-electron chi connectivity index (χ3n) is 2.17. The molecule has 0 spiro atoms. The minimum atomic E-state index is -0.689. The number of aliphatic hydroxyl groups excluding tert-OH is 1. The highest BCUT2D eigenvalue weighted by atomic mass is 16.5. The summed E-state index contributed by atoms with van der Waals surface area (Å²) >= 11 is 0. The topological polar surface area (TPSA) is 75.7 Å². The fourth-order valence-electron chi connectivity index (χ4n) is 1.28. The van der Waals surface area contributed by atoms with E-state index in [1.54, 1.807) is 18.2 Å². The molecule has 1 atom stereocenters. The molecule has 0 aliphatic carbocycles. The van der Waals surface area contributed by atoms with E-state index in [0.717, 1.165) is 0 Å². The van der Waals surface area contributed by atoms with E-state index >= 15 is 0 Å². The van der Waals surface area contributed by atoms with Crippen LogP contribution in [0, 0.1) is 0 Å². The Balaban J connectivity index is 2.84. The van der Waals surface area contributed by atoms with Crippen LogP contribution in [-0.4, -0.2) is 23.4 Å². The van der Waals surface area contributed by atoms with E-state index in [0.29, 0.717) is 24.3 Å². The van der Waals surface area contributed by atoms with Crippen molar-refractivity contribution in [3.05, 3.63) is 29.3 Å². The van der Waals surface area contributed by atoms with Crippen molar-refractivity contribution in [2.24, 2.45) is 5.73 Å². The van der Waals surface area contributed by atoms with Gasteiger partial charge in [-0.15, -0.1) is 0 Å². The quantitative estimate of drug-likeness (QED) is 0.677. The Kier molecular flexibility index (Phi) is 4.55. The van der Waals surface area contributed by atoms with Crippen molar-refractivity contribution in [1.29, 1.82) is 0 Å². The van der Waals surface area contributed by atoms with E-state index in [-0.39, 0.29) is 12.3 Å². The lowest BCUT2D eigenvalue weighted by atomic mass is 10.1. The summed E-state index contributed by atoms with van der Waals surface area (Å²) in [5, 5.41) is 19.0. The molecule has 0 radical (unpaired) electrons. The molecule has 0 heterocycles. The molecule has 1 rings (SSSR count). The van der Waals surface area contributed by atoms with Crippen LogP contribution in [0.15, 0.2) is 18.2 Å². The number of benzene rings is 1. The Morgan fingerprint density at radius 3 is 2.80 bits per heavy atom. The number of rotatable bonds is 5. The molecule has 0 bridgehead atoms. The van der Waals surface area contributed by atoms with Crippen LogP contribution in [0.3, 0.4) is 0 Å². The van der Waals surface area contributed by atoms with Gasteiger partial charge in [-0.1, -0.05) is 6.07 Å². The third-order valence-corrected chi connectivity index (χ3v) is 2.17. The number of nitrogens with two attached hydrogens (primary N) is 1. The van der Waals surface area contributed by atoms with Crippen molar-refractivity contribution in [3.63, 3.8) is 0 Å². The number of phenolic OH excluding ortho intramolecular Hbond substituents is 1. The summed E-state index contributed by atoms with van der Waals surface area (Å²) in [7, 11) is 0. The van der Waals surface area contributed by atoms with E-state index in [9.17, 15) is 10.2 Å². The van der Waals surface area contributed by atoms with Crippen LogP contribution in [0.5, 0.6) is 5.75 Å². The minimum Gasteiger partial charge on any atom is -0.508 e. The first-order valence-corrected chi connectivity index (χ1v) is 4.96. The summed E-state index contributed by atoms with van der Waals surface area (Å²) in [6, 6.07) is 4.91. The number of aromatic hydroxyl groups is 1. The van der Waals surface area contributed by atoms with Gasteiger partial charge in [-0.05, 0) is 24.6 Å². The number of ether oxygens (including phenoxy) is 1. The van der Waals surface area contributed by atoms with E-state index in [1.165, 1.54) is 0 Å². The maximum atomic E-state index is 9.52. The molecule has 0 aliphatic rings. The van der Waals surface area contributed by atoms with Gasteiger partial charge in [0, 0.05) is 18.7 Å². The molecule has 0 fully saturated rings. The van der Waals surface area contributed by atoms with Gasteiger partial charge in [0.15, 0.2) is 0 Å². The van der Waals surface area contributed by atoms with Gasteiger partial charge in [-0.25, -0.2) is 0 Å². The molecule has 1 aromatic carbocycles. The first kappa shape index (κ1) is 12.0. The van der Waals surface area contributed by atoms with Crippen LogP contribution in [0.4, 0.5) is 0 Å². The van der Waals surface area contributed by atoms with Gasteiger partial charge in [0.05, 0.1) is 12.7 Å². The lowest BCUT2D eigenvalue weighted by Gasteiger charge is -2.11. The van der Waals surface area contributed by atoms with Gasteiger partial charge >= 0.3 is 0 Å². The highest BCUT2D eigenvalue weighted by molar-refractivity contribution is 5.36. The molecule has 0 aliphatic heterocycles. The Morgan fingerprint density at radius 1 is 1.47 bits per heavy atom. The van der Waals surface area contributed by atoms with Gasteiger partial charge in [-0.2, -0.15) is 0 Å². The number of phenols is 1. The monoisotopic (exact) mass is 211 g/mol. The van der Waals surface area contributed by atoms with E-state index in [2.05, 4.69) is 0 Å². The van der Waals surface area contributed by atoms with Crippen molar-refractivity contribution in [3.8, 4) is 5.75 Å². The Labute approximate surface area is 89.3 Å². The maximum Gasteiger partial charge on any atom is 0.121 e. The van der Waals surface area contributed by atoms with Crippen LogP contribution in [0.1, 0.15) is 24.2 Å². The molecule has 4 heteroatoms. The summed E-state index contributed by atoms with van der Waals surface area (Å²) in [6.45, 7) is 2.98. The molecule has 1 aromatic rings. The van der Waals surface area contributed by atoms with Crippen molar-refractivity contribution in [2.45, 2.75) is 19.6 Å². The molecular weight excluding hydrogens is 194 g/mol. The lowest BCUT2D eigenvalue weighted by molar-refractivity contribution is 0.131. The molecule has 15 heavy (non-hydrogen) atoms. The van der Waals surface area contributed by atoms with Gasteiger partial charge in [0.1, 0.15) is 5.75 Å². The zero-order chi connectivity index (χ0) is 11.3. The first-order valence-electron chi connectivity index (χ1n) is 4.96. The molecule has 4 N–H and O–H groups in total. The second-order valence-electron chi connectivity index (χ2n) is 3.28. The minimum absolute atomic E-state index is 0.166. The fraction of sp³-hybridized carbons (Fsp3) is 0.455. The lowest BCUT2D eigenvalue weighted by Crippen LogP contribution is -2.11. The molecule has 4 nitrogen and oxygen atoms in total. The molecule has 0 saturated carbocycles. The molecule has 0 amide bonds. The zero-order valence-electron chi connectivity index (χ0n) is 8.81. The Hall–Kier alpha value is -1.10. The van der Waals surface area contributed by atoms with Gasteiger partial charge in [0.2, 0.25) is 0 Å². The SMILES string of the molecule is CCOCc1cc([C@@H](O)CN)ccc1O. The molecule has 0 saturated heterocycles. The first-order chi connectivity index (χ1) is 7.19. The summed E-state index contributed by atoms with van der Waals surface area (Å²) in [5.74, 6) is 0.177. The van der Waals surface area contributed by atoms with E-state index in [1.807, 2.05) is 6.92 Å². The highest BCUT2D eigenvalue weighted by Gasteiger charge is 2.08. The maximum absolute atomic E-state index is 9.52. The second-order valence-corrected chi connectivity index (χ2v) is 3.28. The number of hydrogen-bond donors (Lipinski definition) is 3. The molecule has 84 valence electrons. The van der Waals surface area contributed by atoms with Crippen LogP contribution < -0.4 is 5.73 Å². The van der Waals surface area contributed by atoms with Gasteiger partial charge in [-0.3, -0.25) is 0 Å². The smallest absolute Gasteiger partial charge is 0.121 e. The predicted molar refractivity (Wildman–Crippen MR) is 57.5 cm³/mol. The third kappa shape index (κ3) is 3.20. The summed E-state index contributed by atoms with van der Waals surface area (Å²) in [6.07, 6.45) is -0.689. The zero-order valence-corrected chi connectivity index (χ0v) is 8.81. The second kappa shape index (κ2) is 5.70. The van der Waals surface area contributed by atoms with Crippen molar-refractivity contribution in [2.75, 3.05) is 13.2 Å². The Morgan fingerprint density at radius 2 is 2.20 bits per heavy atom. The standard InChI is InChI=1S/C11H17NO3/c1-2-15-7-9-5-8(11(14)6-12)3-4-10(9)13/h3-5,11,13-14H,2,6-7,12H2,1H3/t11-/m0/s1. The van der Waals surface area contributed by atoms with Crippen molar-refractivity contribution >= 4 is 0 Å². The fourth-order valence-corrected chi connectivity index (χ4v) is 1.28. The summed E-state index contributed by atoms with van der Waals surface area (Å²) < 4.78 is 5.20. The van der Waals surface area contributed by atoms with Crippen LogP contribution >= 0.6 is 0 Å². The summed E-state index contributed by atoms with van der Waals surface area (Å²) in [5.41, 5.74) is 6.72. The molecular formula is C11H17NO3. The highest BCUT2D eigenvalue weighted by Crippen LogP contribution is 2.22. The molecule has 0 unspecified atom stereocenters. The number of aliphatic hydroxyl groups is 1. The molecule has 0 aromatic heterocycles. The normalized spacial score (nSPS) is 12.7. The van der Waals surface area contributed by atoms with Gasteiger partial charge < -0.3 is 20.7 Å².